The van der Waals surface area contributed by atoms with E-state index in [1.807, 2.05) is 7.05 Å². The first-order valence-corrected chi connectivity index (χ1v) is 6.73. The topological polar surface area (TPSA) is 24.5 Å². The van der Waals surface area contributed by atoms with Gasteiger partial charge in [0.15, 0.2) is 0 Å². The normalized spacial score (nSPS) is 20.7. The summed E-state index contributed by atoms with van der Waals surface area (Å²) in [5.41, 5.74) is -0.830. The minimum absolute atomic E-state index is 0.0197. The van der Waals surface area contributed by atoms with Crippen LogP contribution in [0.15, 0.2) is 18.2 Å². The van der Waals surface area contributed by atoms with Crippen LogP contribution in [0.25, 0.3) is 0 Å². The SMILES string of the molecule is CN1CCOC(CNCc2ccc(F)c(C(F)(F)F)c2)C1. The third-order valence-corrected chi connectivity index (χ3v) is 3.38. The molecule has 118 valence electrons. The summed E-state index contributed by atoms with van der Waals surface area (Å²) in [6, 6.07) is 3.05. The molecule has 0 radical (unpaired) electrons. The monoisotopic (exact) mass is 306 g/mol. The van der Waals surface area contributed by atoms with E-state index in [0.717, 1.165) is 25.2 Å². The van der Waals surface area contributed by atoms with Gasteiger partial charge in [-0.05, 0) is 24.7 Å². The molecule has 1 aliphatic heterocycles. The fraction of sp³-hybridized carbons (Fsp3) is 0.571. The third-order valence-electron chi connectivity index (χ3n) is 3.38. The van der Waals surface area contributed by atoms with Gasteiger partial charge < -0.3 is 15.0 Å². The van der Waals surface area contributed by atoms with Crippen LogP contribution < -0.4 is 5.32 Å². The second-order valence-corrected chi connectivity index (χ2v) is 5.20. The number of likely N-dealkylation sites (N-methyl/N-ethyl adjacent to an activating group) is 1. The lowest BCUT2D eigenvalue weighted by Crippen LogP contribution is -2.44. The van der Waals surface area contributed by atoms with Crippen molar-refractivity contribution < 1.29 is 22.3 Å². The third kappa shape index (κ3) is 4.66. The highest BCUT2D eigenvalue weighted by Crippen LogP contribution is 2.31. The molecule has 1 atom stereocenters. The molecular formula is C14H18F4N2O. The van der Waals surface area contributed by atoms with Gasteiger partial charge in [0, 0.05) is 26.2 Å². The maximum atomic E-state index is 13.2. The van der Waals surface area contributed by atoms with Crippen LogP contribution in [-0.4, -0.2) is 44.3 Å². The number of rotatable bonds is 4. The average molecular weight is 306 g/mol. The van der Waals surface area contributed by atoms with Gasteiger partial charge in [-0.1, -0.05) is 6.07 Å². The van der Waals surface area contributed by atoms with Crippen LogP contribution in [-0.2, 0) is 17.5 Å². The number of alkyl halides is 3. The van der Waals surface area contributed by atoms with Gasteiger partial charge in [-0.2, -0.15) is 13.2 Å². The van der Waals surface area contributed by atoms with Crippen molar-refractivity contribution in [2.45, 2.75) is 18.8 Å². The average Bonchev–Trinajstić information content (AvgIpc) is 2.39. The summed E-state index contributed by atoms with van der Waals surface area (Å²) in [5.74, 6) is -1.25. The van der Waals surface area contributed by atoms with E-state index in [9.17, 15) is 17.6 Å². The van der Waals surface area contributed by atoms with E-state index in [4.69, 9.17) is 4.74 Å². The Morgan fingerprint density at radius 1 is 1.38 bits per heavy atom. The number of morpholine rings is 1. The van der Waals surface area contributed by atoms with Gasteiger partial charge in [-0.25, -0.2) is 4.39 Å². The molecule has 0 amide bonds. The van der Waals surface area contributed by atoms with Crippen molar-refractivity contribution in [2.75, 3.05) is 33.3 Å². The van der Waals surface area contributed by atoms with Crippen molar-refractivity contribution in [3.05, 3.63) is 35.1 Å². The number of ether oxygens (including phenoxy) is 1. The standard InChI is InChI=1S/C14H18F4N2O/c1-20-4-5-21-11(9-20)8-19-7-10-2-3-13(15)12(6-10)14(16,17)18/h2-3,6,11,19H,4-5,7-9H2,1H3. The first kappa shape index (κ1) is 16.2. The van der Waals surface area contributed by atoms with Gasteiger partial charge in [-0.3, -0.25) is 0 Å². The molecule has 1 N–H and O–H groups in total. The van der Waals surface area contributed by atoms with Crippen LogP contribution in [0.4, 0.5) is 17.6 Å². The van der Waals surface area contributed by atoms with Crippen molar-refractivity contribution in [3.63, 3.8) is 0 Å². The Labute approximate surface area is 120 Å². The maximum absolute atomic E-state index is 13.2. The van der Waals surface area contributed by atoms with E-state index in [0.29, 0.717) is 18.7 Å². The molecule has 1 aliphatic rings. The Kier molecular flexibility index (Phi) is 5.18. The predicted octanol–water partition coefficient (Wildman–Crippen LogP) is 2.26. The summed E-state index contributed by atoms with van der Waals surface area (Å²) in [5, 5.41) is 3.05. The summed E-state index contributed by atoms with van der Waals surface area (Å²) in [6.07, 6.45) is -4.65. The zero-order chi connectivity index (χ0) is 15.5. The molecule has 0 aromatic heterocycles. The van der Waals surface area contributed by atoms with E-state index in [1.165, 1.54) is 6.07 Å². The summed E-state index contributed by atoms with van der Waals surface area (Å²) in [6.45, 7) is 3.10. The van der Waals surface area contributed by atoms with Crippen LogP contribution in [0.3, 0.4) is 0 Å². The highest BCUT2D eigenvalue weighted by molar-refractivity contribution is 5.27. The summed E-state index contributed by atoms with van der Waals surface area (Å²) in [7, 11) is 1.99. The number of hydrogen-bond donors (Lipinski definition) is 1. The highest BCUT2D eigenvalue weighted by Gasteiger charge is 2.34. The van der Waals surface area contributed by atoms with Gasteiger partial charge in [0.25, 0.3) is 0 Å². The van der Waals surface area contributed by atoms with Crippen LogP contribution >= 0.6 is 0 Å². The van der Waals surface area contributed by atoms with Crippen LogP contribution in [0, 0.1) is 5.82 Å². The van der Waals surface area contributed by atoms with Gasteiger partial charge in [-0.15, -0.1) is 0 Å². The first-order valence-electron chi connectivity index (χ1n) is 6.73. The van der Waals surface area contributed by atoms with Crippen molar-refractivity contribution in [3.8, 4) is 0 Å². The van der Waals surface area contributed by atoms with Gasteiger partial charge in [0.05, 0.1) is 18.3 Å². The number of benzene rings is 1. The van der Waals surface area contributed by atoms with Gasteiger partial charge >= 0.3 is 6.18 Å². The minimum atomic E-state index is -4.67. The van der Waals surface area contributed by atoms with Crippen LogP contribution in [0.1, 0.15) is 11.1 Å². The molecule has 0 spiro atoms. The molecule has 1 aromatic rings. The Morgan fingerprint density at radius 3 is 2.81 bits per heavy atom. The minimum Gasteiger partial charge on any atom is -0.374 e. The second-order valence-electron chi connectivity index (χ2n) is 5.20. The summed E-state index contributed by atoms with van der Waals surface area (Å²) < 4.78 is 56.5. The first-order chi connectivity index (χ1) is 9.86. The molecule has 21 heavy (non-hydrogen) atoms. The predicted molar refractivity (Wildman–Crippen MR) is 70.3 cm³/mol. The van der Waals surface area contributed by atoms with Gasteiger partial charge in [0.1, 0.15) is 5.82 Å². The molecule has 3 nitrogen and oxygen atoms in total. The number of nitrogens with one attached hydrogen (secondary N) is 1. The Morgan fingerprint density at radius 2 is 2.14 bits per heavy atom. The highest BCUT2D eigenvalue weighted by atomic mass is 19.4. The second kappa shape index (κ2) is 6.72. The molecule has 2 rings (SSSR count). The zero-order valence-electron chi connectivity index (χ0n) is 11.7. The van der Waals surface area contributed by atoms with E-state index < -0.39 is 17.6 Å². The van der Waals surface area contributed by atoms with Crippen LogP contribution in [0.5, 0.6) is 0 Å². The molecule has 0 bridgehead atoms. The summed E-state index contributed by atoms with van der Waals surface area (Å²) >= 11 is 0. The fourth-order valence-electron chi connectivity index (χ4n) is 2.27. The maximum Gasteiger partial charge on any atom is 0.419 e. The molecule has 1 aromatic carbocycles. The smallest absolute Gasteiger partial charge is 0.374 e. The molecule has 1 unspecified atom stereocenters. The lowest BCUT2D eigenvalue weighted by molar-refractivity contribution is -0.140. The van der Waals surface area contributed by atoms with Gasteiger partial charge in [0.2, 0.25) is 0 Å². The fourth-order valence-corrected chi connectivity index (χ4v) is 2.27. The molecule has 7 heteroatoms. The number of hydrogen-bond acceptors (Lipinski definition) is 3. The summed E-state index contributed by atoms with van der Waals surface area (Å²) in [4.78, 5) is 2.13. The molecule has 0 saturated carbocycles. The quantitative estimate of drug-likeness (QED) is 0.864. The lowest BCUT2D eigenvalue weighted by Gasteiger charge is -2.30. The van der Waals surface area contributed by atoms with Crippen molar-refractivity contribution in [1.29, 1.82) is 0 Å². The van der Waals surface area contributed by atoms with Crippen LogP contribution in [0.2, 0.25) is 0 Å². The van der Waals surface area contributed by atoms with Crippen molar-refractivity contribution in [2.24, 2.45) is 0 Å². The molecule has 1 heterocycles. The largest absolute Gasteiger partial charge is 0.419 e. The zero-order valence-corrected chi connectivity index (χ0v) is 11.7. The Balaban J connectivity index is 1.89. The van der Waals surface area contributed by atoms with Crippen molar-refractivity contribution >= 4 is 0 Å². The lowest BCUT2D eigenvalue weighted by atomic mass is 10.1. The molecular weight excluding hydrogens is 288 g/mol. The Bertz CT molecular complexity index is 479. The van der Waals surface area contributed by atoms with E-state index in [1.54, 1.807) is 0 Å². The number of nitrogens with zero attached hydrogens (tertiary/aromatic N) is 1. The molecule has 0 aliphatic carbocycles. The van der Waals surface area contributed by atoms with E-state index in [-0.39, 0.29) is 12.6 Å². The molecule has 1 saturated heterocycles. The Hall–Kier alpha value is -1.18. The number of halogens is 4. The molecule has 1 fully saturated rings. The van der Waals surface area contributed by atoms with E-state index in [2.05, 4.69) is 10.2 Å². The van der Waals surface area contributed by atoms with E-state index >= 15 is 0 Å². The van der Waals surface area contributed by atoms with Crippen molar-refractivity contribution in [1.82, 2.24) is 10.2 Å².